The van der Waals surface area contributed by atoms with Gasteiger partial charge in [0, 0.05) is 30.2 Å². The Bertz CT molecular complexity index is 824. The molecule has 0 aliphatic rings. The molecule has 25 heavy (non-hydrogen) atoms. The summed E-state index contributed by atoms with van der Waals surface area (Å²) in [6, 6.07) is 10.5. The van der Waals surface area contributed by atoms with Crippen molar-refractivity contribution in [2.24, 2.45) is 5.92 Å². The summed E-state index contributed by atoms with van der Waals surface area (Å²) in [5.41, 5.74) is 0.00291. The maximum Gasteiger partial charge on any atom is 0.219 e. The van der Waals surface area contributed by atoms with Crippen molar-refractivity contribution in [3.63, 3.8) is 0 Å². The van der Waals surface area contributed by atoms with Gasteiger partial charge in [0.05, 0.1) is 16.9 Å². The number of rotatable bonds is 5. The molecule has 1 unspecified atom stereocenters. The van der Waals surface area contributed by atoms with Crippen molar-refractivity contribution in [2.75, 3.05) is 0 Å². The minimum atomic E-state index is -1.23. The lowest BCUT2D eigenvalue weighted by Crippen LogP contribution is -2.34. The molecule has 5 nitrogen and oxygen atoms in total. The highest BCUT2D eigenvalue weighted by Gasteiger charge is 2.36. The summed E-state index contributed by atoms with van der Waals surface area (Å²) in [6.07, 6.45) is 6.41. The summed E-state index contributed by atoms with van der Waals surface area (Å²) in [5, 5.41) is 11.8. The smallest absolute Gasteiger partial charge is 0.219 e. The molecule has 6 heteroatoms. The van der Waals surface area contributed by atoms with Gasteiger partial charge >= 0.3 is 0 Å². The van der Waals surface area contributed by atoms with Gasteiger partial charge in [-0.25, -0.2) is 4.98 Å². The van der Waals surface area contributed by atoms with Gasteiger partial charge in [0.25, 0.3) is 0 Å². The average molecular weight is 356 g/mol. The molecule has 0 bridgehead atoms. The Hall–Kier alpha value is -2.50. The van der Waals surface area contributed by atoms with Crippen molar-refractivity contribution in [2.45, 2.75) is 19.4 Å². The van der Waals surface area contributed by atoms with Crippen LogP contribution in [0.5, 0.6) is 11.6 Å². The second-order valence-corrected chi connectivity index (χ2v) is 6.40. The first-order chi connectivity index (χ1) is 12.0. The van der Waals surface area contributed by atoms with E-state index in [4.69, 9.17) is 16.3 Å². The summed E-state index contributed by atoms with van der Waals surface area (Å²) < 4.78 is 5.64. The molecule has 0 aliphatic carbocycles. The van der Waals surface area contributed by atoms with E-state index in [0.717, 1.165) is 0 Å². The van der Waals surface area contributed by atoms with Crippen LogP contribution in [0, 0.1) is 5.92 Å². The quantitative estimate of drug-likeness (QED) is 0.742. The Labute approximate surface area is 151 Å². The molecule has 0 aliphatic heterocycles. The van der Waals surface area contributed by atoms with Crippen molar-refractivity contribution < 1.29 is 9.84 Å². The standard InChI is InChI=1S/C19H18ClN3O2/c1-13(2)19(24,14-4-3-9-21-10-14)17-7-6-16(12-22-17)25-18-8-5-15(20)11-23-18/h3-13,24H,1-2H3. The van der Waals surface area contributed by atoms with Crippen molar-refractivity contribution in [1.82, 2.24) is 15.0 Å². The van der Waals surface area contributed by atoms with Gasteiger partial charge in [-0.05, 0) is 30.2 Å². The van der Waals surface area contributed by atoms with Gasteiger partial charge in [-0.1, -0.05) is 31.5 Å². The molecule has 1 N–H and O–H groups in total. The van der Waals surface area contributed by atoms with Crippen LogP contribution in [0.4, 0.5) is 0 Å². The second-order valence-electron chi connectivity index (χ2n) is 5.96. The second kappa shape index (κ2) is 7.17. The fourth-order valence-electron chi connectivity index (χ4n) is 2.57. The zero-order chi connectivity index (χ0) is 17.9. The fourth-order valence-corrected chi connectivity index (χ4v) is 2.69. The SMILES string of the molecule is CC(C)C(O)(c1cccnc1)c1ccc(Oc2ccc(Cl)cn2)cn1. The summed E-state index contributed by atoms with van der Waals surface area (Å²) in [4.78, 5) is 12.6. The monoisotopic (exact) mass is 355 g/mol. The van der Waals surface area contributed by atoms with Crippen LogP contribution >= 0.6 is 11.6 Å². The van der Waals surface area contributed by atoms with Gasteiger partial charge in [-0.3, -0.25) is 9.97 Å². The fraction of sp³-hybridized carbons (Fsp3) is 0.211. The number of nitrogens with zero attached hydrogens (tertiary/aromatic N) is 3. The van der Waals surface area contributed by atoms with E-state index in [1.807, 2.05) is 19.9 Å². The zero-order valence-electron chi connectivity index (χ0n) is 13.9. The first-order valence-electron chi connectivity index (χ1n) is 7.89. The Morgan fingerprint density at radius 2 is 1.88 bits per heavy atom. The predicted octanol–water partition coefficient (Wildman–Crippen LogP) is 4.21. The van der Waals surface area contributed by atoms with E-state index in [9.17, 15) is 5.11 Å². The highest BCUT2D eigenvalue weighted by molar-refractivity contribution is 6.30. The molecule has 0 aromatic carbocycles. The Morgan fingerprint density at radius 1 is 1.04 bits per heavy atom. The molecule has 3 rings (SSSR count). The third-order valence-corrected chi connectivity index (χ3v) is 4.21. The van der Waals surface area contributed by atoms with Crippen LogP contribution in [0.3, 0.4) is 0 Å². The van der Waals surface area contributed by atoms with Crippen LogP contribution in [0.1, 0.15) is 25.1 Å². The molecule has 0 amide bonds. The Kier molecular flexibility index (Phi) is 4.97. The van der Waals surface area contributed by atoms with Crippen LogP contribution in [-0.4, -0.2) is 20.1 Å². The van der Waals surface area contributed by atoms with Crippen molar-refractivity contribution in [3.05, 3.63) is 77.5 Å². The summed E-state index contributed by atoms with van der Waals surface area (Å²) >= 11 is 5.81. The van der Waals surface area contributed by atoms with Gasteiger partial charge in [0.2, 0.25) is 5.88 Å². The molecule has 3 aromatic heterocycles. The molecular formula is C19H18ClN3O2. The zero-order valence-corrected chi connectivity index (χ0v) is 14.7. The maximum absolute atomic E-state index is 11.3. The van der Waals surface area contributed by atoms with E-state index in [-0.39, 0.29) is 5.92 Å². The molecule has 0 radical (unpaired) electrons. The summed E-state index contributed by atoms with van der Waals surface area (Å²) in [5.74, 6) is 0.857. The van der Waals surface area contributed by atoms with Gasteiger partial charge in [-0.15, -0.1) is 0 Å². The van der Waals surface area contributed by atoms with Crippen LogP contribution in [0.15, 0.2) is 61.2 Å². The lowest BCUT2D eigenvalue weighted by Gasteiger charge is -2.32. The van der Waals surface area contributed by atoms with Gasteiger partial charge in [0.15, 0.2) is 0 Å². The van der Waals surface area contributed by atoms with Gasteiger partial charge in [-0.2, -0.15) is 0 Å². The van der Waals surface area contributed by atoms with E-state index in [1.165, 1.54) is 6.20 Å². The summed E-state index contributed by atoms with van der Waals surface area (Å²) in [6.45, 7) is 3.88. The Balaban J connectivity index is 1.88. The number of aliphatic hydroxyl groups is 1. The Morgan fingerprint density at radius 3 is 2.44 bits per heavy atom. The van der Waals surface area contributed by atoms with E-state index >= 15 is 0 Å². The van der Waals surface area contributed by atoms with Crippen LogP contribution in [-0.2, 0) is 5.60 Å². The van der Waals surface area contributed by atoms with Crippen LogP contribution in [0.25, 0.3) is 0 Å². The minimum absolute atomic E-state index is 0.0890. The van der Waals surface area contributed by atoms with Gasteiger partial charge in [0.1, 0.15) is 11.4 Å². The average Bonchev–Trinajstić information content (AvgIpc) is 2.64. The normalized spacial score (nSPS) is 13.5. The third kappa shape index (κ3) is 3.62. The summed E-state index contributed by atoms with van der Waals surface area (Å²) in [7, 11) is 0. The molecule has 3 aromatic rings. The maximum atomic E-state index is 11.3. The van der Waals surface area contributed by atoms with Crippen molar-refractivity contribution in [1.29, 1.82) is 0 Å². The number of halogens is 1. The van der Waals surface area contributed by atoms with E-state index in [2.05, 4.69) is 15.0 Å². The topological polar surface area (TPSA) is 68.1 Å². The molecule has 128 valence electrons. The highest BCUT2D eigenvalue weighted by atomic mass is 35.5. The molecular weight excluding hydrogens is 338 g/mol. The van der Waals surface area contributed by atoms with E-state index in [1.54, 1.807) is 48.9 Å². The third-order valence-electron chi connectivity index (χ3n) is 3.99. The first-order valence-corrected chi connectivity index (χ1v) is 8.26. The van der Waals surface area contributed by atoms with Gasteiger partial charge < -0.3 is 9.84 Å². The molecule has 3 heterocycles. The number of pyridine rings is 3. The lowest BCUT2D eigenvalue weighted by atomic mass is 9.81. The van der Waals surface area contributed by atoms with Crippen LogP contribution in [0.2, 0.25) is 5.02 Å². The van der Waals surface area contributed by atoms with Crippen LogP contribution < -0.4 is 4.74 Å². The van der Waals surface area contributed by atoms with E-state index in [0.29, 0.717) is 27.9 Å². The molecule has 0 saturated heterocycles. The van der Waals surface area contributed by atoms with E-state index < -0.39 is 5.60 Å². The number of hydrogen-bond acceptors (Lipinski definition) is 5. The number of hydrogen-bond donors (Lipinski definition) is 1. The number of ether oxygens (including phenoxy) is 1. The lowest BCUT2D eigenvalue weighted by molar-refractivity contribution is 0.0272. The molecule has 0 fully saturated rings. The largest absolute Gasteiger partial charge is 0.437 e. The predicted molar refractivity (Wildman–Crippen MR) is 95.6 cm³/mol. The highest BCUT2D eigenvalue weighted by Crippen LogP contribution is 2.35. The van der Waals surface area contributed by atoms with Crippen molar-refractivity contribution >= 4 is 11.6 Å². The minimum Gasteiger partial charge on any atom is -0.437 e. The van der Waals surface area contributed by atoms with Crippen molar-refractivity contribution in [3.8, 4) is 11.6 Å². The molecule has 0 saturated carbocycles. The molecule has 0 spiro atoms. The first kappa shape index (κ1) is 17.3. The molecule has 1 atom stereocenters. The number of aromatic nitrogens is 3.